The number of hydrogen-bond donors (Lipinski definition) is 0. The fourth-order valence-corrected chi connectivity index (χ4v) is 11.3. The van der Waals surface area contributed by atoms with Crippen molar-refractivity contribution >= 4 is 19.3 Å². The first kappa shape index (κ1) is 29.4. The van der Waals surface area contributed by atoms with Gasteiger partial charge in [-0.1, -0.05) is 18.7 Å². The molecule has 1 nitrogen and oxygen atoms in total. The van der Waals surface area contributed by atoms with Crippen molar-refractivity contribution in [2.75, 3.05) is 0 Å². The average Bonchev–Trinajstić information content (AvgIpc) is 3.47. The van der Waals surface area contributed by atoms with Crippen LogP contribution in [-0.2, 0) is 24.7 Å². The van der Waals surface area contributed by atoms with E-state index >= 15 is 0 Å². The molecule has 0 fully saturated rings. The van der Waals surface area contributed by atoms with Gasteiger partial charge < -0.3 is 29.2 Å². The van der Waals surface area contributed by atoms with E-state index in [1.54, 1.807) is 35.5 Å². The third-order valence-corrected chi connectivity index (χ3v) is 14.3. The Morgan fingerprint density at radius 3 is 2.22 bits per heavy atom. The smallest absolute Gasteiger partial charge is 1.00 e. The zero-order valence-corrected chi connectivity index (χ0v) is 27.3. The van der Waals surface area contributed by atoms with Gasteiger partial charge in [-0.2, -0.15) is 0 Å². The minimum absolute atomic E-state index is 0. The Balaban J connectivity index is 0.000000208. The fourth-order valence-electron chi connectivity index (χ4n) is 6.32. The van der Waals surface area contributed by atoms with Gasteiger partial charge in [-0.25, -0.2) is 0 Å². The van der Waals surface area contributed by atoms with Gasteiger partial charge in [0.05, 0.1) is 8.07 Å². The van der Waals surface area contributed by atoms with E-state index < -0.39 is 8.07 Å². The van der Waals surface area contributed by atoms with Crippen LogP contribution in [0.3, 0.4) is 0 Å². The van der Waals surface area contributed by atoms with Crippen molar-refractivity contribution in [2.24, 2.45) is 0 Å². The maximum absolute atomic E-state index is 5.78. The molecule has 3 aromatic rings. The Kier molecular flexibility index (Phi) is 8.94. The summed E-state index contributed by atoms with van der Waals surface area (Å²) in [5, 5.41) is 1.67. The maximum Gasteiger partial charge on any atom is -1.00 e. The summed E-state index contributed by atoms with van der Waals surface area (Å²) in [5.41, 5.74) is 12.3. The van der Waals surface area contributed by atoms with E-state index in [0.29, 0.717) is 15.1 Å². The van der Waals surface area contributed by atoms with E-state index in [1.165, 1.54) is 51.1 Å². The molecule has 4 aliphatic rings. The number of rotatable bonds is 3. The Morgan fingerprint density at radius 2 is 1.64 bits per heavy atom. The summed E-state index contributed by atoms with van der Waals surface area (Å²) in [5.74, 6) is 3.00. The number of allylic oxidation sites excluding steroid dienone is 2. The number of furan rings is 1. The number of fused-ring (bicyclic) bond motifs is 1. The molecule has 36 heavy (non-hydrogen) atoms. The van der Waals surface area contributed by atoms with Crippen LogP contribution in [0.25, 0.3) is 22.4 Å². The second-order valence-electron chi connectivity index (χ2n) is 10.9. The molecule has 0 saturated carbocycles. The molecule has 7 rings (SSSR count). The van der Waals surface area contributed by atoms with Gasteiger partial charge in [0.1, 0.15) is 11.5 Å². The zero-order chi connectivity index (χ0) is 24.4. The van der Waals surface area contributed by atoms with Crippen LogP contribution in [0.4, 0.5) is 0 Å². The van der Waals surface area contributed by atoms with E-state index in [9.17, 15) is 0 Å². The van der Waals surface area contributed by atoms with Crippen LogP contribution in [0.1, 0.15) is 83.0 Å². The first-order valence-corrected chi connectivity index (χ1v) is 17.1. The van der Waals surface area contributed by atoms with E-state index in [2.05, 4.69) is 95.4 Å². The minimum atomic E-state index is -1.10. The molecule has 2 aliphatic heterocycles. The molecule has 0 saturated heterocycles. The van der Waals surface area contributed by atoms with Crippen LogP contribution in [0.2, 0.25) is 13.1 Å². The summed E-state index contributed by atoms with van der Waals surface area (Å²) in [7, 11) is -1.10. The minimum Gasteiger partial charge on any atom is -1.00 e. The Morgan fingerprint density at radius 1 is 0.972 bits per heavy atom. The quantitative estimate of drug-likeness (QED) is 0.414. The van der Waals surface area contributed by atoms with Gasteiger partial charge in [0.15, 0.2) is 0 Å². The maximum atomic E-state index is 5.78. The normalized spacial score (nSPS) is 20.6. The van der Waals surface area contributed by atoms with E-state index in [4.69, 9.17) is 4.42 Å². The summed E-state index contributed by atoms with van der Waals surface area (Å²) < 4.78 is 6.42. The molecule has 0 spiro atoms. The van der Waals surface area contributed by atoms with E-state index in [0.717, 1.165) is 5.76 Å². The summed E-state index contributed by atoms with van der Waals surface area (Å²) in [6, 6.07) is 18.1. The van der Waals surface area contributed by atoms with Gasteiger partial charge in [-0.3, -0.25) is 0 Å². The van der Waals surface area contributed by atoms with Gasteiger partial charge in [0.25, 0.3) is 0 Å². The van der Waals surface area contributed by atoms with Crippen LogP contribution in [0.5, 0.6) is 0 Å². The van der Waals surface area contributed by atoms with Crippen molar-refractivity contribution in [2.45, 2.75) is 69.2 Å². The molecule has 3 heterocycles. The van der Waals surface area contributed by atoms with Crippen molar-refractivity contribution in [3.63, 3.8) is 0 Å². The van der Waals surface area contributed by atoms with Gasteiger partial charge in [-0.05, 0) is 25.1 Å². The first-order chi connectivity index (χ1) is 16.1. The van der Waals surface area contributed by atoms with Crippen molar-refractivity contribution in [3.05, 3.63) is 93.5 Å². The topological polar surface area (TPSA) is 13.1 Å². The largest absolute Gasteiger partial charge is 1.00 e. The predicted octanol–water partition coefficient (Wildman–Crippen LogP) is 3.14. The zero-order valence-electron chi connectivity index (χ0n) is 22.3. The molecule has 0 N–H and O–H groups in total. The molecule has 187 valence electrons. The van der Waals surface area contributed by atoms with Crippen molar-refractivity contribution in [1.29, 1.82) is 0 Å². The number of hydrogen-bond acceptors (Lipinski definition) is 1. The van der Waals surface area contributed by atoms with Crippen molar-refractivity contribution in [3.8, 4) is 11.1 Å². The first-order valence-electron chi connectivity index (χ1n) is 12.6. The van der Waals surface area contributed by atoms with Gasteiger partial charge >= 0.3 is 143 Å². The van der Waals surface area contributed by atoms with Crippen molar-refractivity contribution < 1.29 is 54.0 Å². The van der Waals surface area contributed by atoms with Crippen LogP contribution in [0.15, 0.2) is 64.1 Å². The predicted molar refractivity (Wildman–Crippen MR) is 143 cm³/mol. The molecule has 3 atom stereocenters. The second-order valence-corrected chi connectivity index (χ2v) is 16.8. The van der Waals surface area contributed by atoms with Gasteiger partial charge in [0.2, 0.25) is 0 Å². The third-order valence-electron chi connectivity index (χ3n) is 8.29. The van der Waals surface area contributed by atoms with Crippen LogP contribution < -0.4 is 24.8 Å². The Labute approximate surface area is 245 Å². The van der Waals surface area contributed by atoms with Crippen molar-refractivity contribution in [1.82, 2.24) is 0 Å². The standard InChI is InChI=1S/C20H21.C11H14OSi.2ClH.Zr/c1-4-15(3)16-8-10-17(11-9-16)19-7-5-6-18-12-14(2)13-20(18)19;1-6-5-8-9(12-6)11-7(2)10(8)13(11,3)4;;;/h5-13,15H,4H2,1-3H3;5,11H,1-4H3;2*1H;/q;;;;+2/p-2. The summed E-state index contributed by atoms with van der Waals surface area (Å²) >= 11 is 1.59. The SMILES string of the molecule is CC1=C2c3cc(C)oc3C1[Si]2(C)C.CCC(C)c1ccc(-c2cccc3c2C=C(C)[CH]3[Zr+2])cc1.[Cl-].[Cl-]. The van der Waals surface area contributed by atoms with Gasteiger partial charge in [0, 0.05) is 11.1 Å². The fraction of sp³-hybridized carbons (Fsp3) is 0.355. The number of halogens is 2. The number of aryl methyl sites for hydroxylation is 1. The summed E-state index contributed by atoms with van der Waals surface area (Å²) in [6.45, 7) is 16.0. The van der Waals surface area contributed by atoms with E-state index in [1.807, 2.05) is 6.92 Å². The molecule has 3 unspecified atom stereocenters. The molecule has 0 amide bonds. The van der Waals surface area contributed by atoms with Crippen LogP contribution >= 0.6 is 0 Å². The third kappa shape index (κ3) is 4.64. The monoisotopic (exact) mass is 611 g/mol. The second kappa shape index (κ2) is 10.9. The van der Waals surface area contributed by atoms with Crippen LogP contribution in [0, 0.1) is 6.92 Å². The van der Waals surface area contributed by atoms with Crippen LogP contribution in [-0.4, -0.2) is 8.07 Å². The summed E-state index contributed by atoms with van der Waals surface area (Å²) in [6.07, 6.45) is 3.58. The van der Waals surface area contributed by atoms with Gasteiger partial charge in [-0.15, -0.1) is 0 Å². The molecule has 2 aromatic carbocycles. The average molecular weight is 614 g/mol. The van der Waals surface area contributed by atoms with E-state index in [-0.39, 0.29) is 24.8 Å². The molecule has 1 aromatic heterocycles. The molecule has 2 aliphatic carbocycles. The molecular weight excluding hydrogens is 579 g/mol. The molecule has 2 bridgehead atoms. The molecule has 0 radical (unpaired) electrons. The molecular formula is C31H35Cl2OSiZr. The number of benzene rings is 2. The summed E-state index contributed by atoms with van der Waals surface area (Å²) in [4.78, 5) is 0. The molecule has 5 heteroatoms. The Bertz CT molecular complexity index is 1330. The Hall–Kier alpha value is -1.12.